The van der Waals surface area contributed by atoms with Gasteiger partial charge in [-0.05, 0) is 35.7 Å². The third-order valence-electron chi connectivity index (χ3n) is 3.58. The number of hydrogen-bond acceptors (Lipinski definition) is 7. The SMILES string of the molecule is O=C(c1ccsc1)n1nc(-c2cccnn2)cc1NCc1ccc(Cl)s1. The lowest BCUT2D eigenvalue weighted by molar-refractivity contribution is 0.0948. The molecule has 26 heavy (non-hydrogen) atoms. The van der Waals surface area contributed by atoms with Gasteiger partial charge in [0.1, 0.15) is 17.2 Å². The van der Waals surface area contributed by atoms with Crippen LogP contribution in [0.4, 0.5) is 5.82 Å². The van der Waals surface area contributed by atoms with E-state index in [-0.39, 0.29) is 5.91 Å². The van der Waals surface area contributed by atoms with Gasteiger partial charge in [-0.1, -0.05) is 11.6 Å². The van der Waals surface area contributed by atoms with Gasteiger partial charge < -0.3 is 5.32 Å². The highest BCUT2D eigenvalue weighted by molar-refractivity contribution is 7.16. The van der Waals surface area contributed by atoms with Gasteiger partial charge in [-0.2, -0.15) is 26.2 Å². The monoisotopic (exact) mass is 401 g/mol. The Morgan fingerprint density at radius 1 is 1.23 bits per heavy atom. The molecule has 0 aliphatic rings. The molecule has 0 spiro atoms. The van der Waals surface area contributed by atoms with Crippen molar-refractivity contribution in [2.45, 2.75) is 6.54 Å². The predicted molar refractivity (Wildman–Crippen MR) is 104 cm³/mol. The zero-order valence-corrected chi connectivity index (χ0v) is 15.7. The number of aromatic nitrogens is 4. The Balaban J connectivity index is 1.68. The van der Waals surface area contributed by atoms with E-state index >= 15 is 0 Å². The van der Waals surface area contributed by atoms with E-state index in [2.05, 4.69) is 20.6 Å². The molecular weight excluding hydrogens is 390 g/mol. The first kappa shape index (κ1) is 16.9. The van der Waals surface area contributed by atoms with Crippen molar-refractivity contribution in [2.75, 3.05) is 5.32 Å². The summed E-state index contributed by atoms with van der Waals surface area (Å²) in [5, 5.41) is 19.3. The summed E-state index contributed by atoms with van der Waals surface area (Å²) in [4.78, 5) is 13.9. The van der Waals surface area contributed by atoms with Crippen molar-refractivity contribution in [1.29, 1.82) is 0 Å². The Labute approximate surface area is 162 Å². The van der Waals surface area contributed by atoms with Crippen molar-refractivity contribution in [3.63, 3.8) is 0 Å². The van der Waals surface area contributed by atoms with E-state index in [4.69, 9.17) is 11.6 Å². The molecule has 4 aromatic heterocycles. The van der Waals surface area contributed by atoms with Gasteiger partial charge >= 0.3 is 0 Å². The number of carbonyl (C=O) groups excluding carboxylic acids is 1. The molecule has 0 aromatic carbocycles. The molecule has 0 amide bonds. The number of nitrogens with one attached hydrogen (secondary N) is 1. The number of carbonyl (C=O) groups is 1. The average Bonchev–Trinajstić information content (AvgIpc) is 3.41. The van der Waals surface area contributed by atoms with Crippen LogP contribution in [-0.4, -0.2) is 25.9 Å². The second kappa shape index (κ2) is 7.36. The van der Waals surface area contributed by atoms with Crippen molar-refractivity contribution in [2.24, 2.45) is 0 Å². The van der Waals surface area contributed by atoms with Crippen LogP contribution in [0.1, 0.15) is 15.2 Å². The molecular formula is C17H12ClN5OS2. The number of rotatable bonds is 5. The zero-order valence-electron chi connectivity index (χ0n) is 13.3. The summed E-state index contributed by atoms with van der Waals surface area (Å²) in [7, 11) is 0. The van der Waals surface area contributed by atoms with E-state index in [1.165, 1.54) is 27.4 Å². The van der Waals surface area contributed by atoms with Crippen LogP contribution in [0.15, 0.2) is 53.4 Å². The molecule has 0 saturated heterocycles. The maximum absolute atomic E-state index is 12.8. The number of hydrogen-bond donors (Lipinski definition) is 1. The summed E-state index contributed by atoms with van der Waals surface area (Å²) in [6.07, 6.45) is 1.59. The van der Waals surface area contributed by atoms with Gasteiger partial charge in [-0.15, -0.1) is 16.4 Å². The Kier molecular flexibility index (Phi) is 4.79. The van der Waals surface area contributed by atoms with Crippen LogP contribution in [0, 0.1) is 0 Å². The van der Waals surface area contributed by atoms with Crippen molar-refractivity contribution in [3.05, 3.63) is 68.1 Å². The van der Waals surface area contributed by atoms with E-state index < -0.39 is 0 Å². The number of anilines is 1. The first-order valence-electron chi connectivity index (χ1n) is 7.64. The van der Waals surface area contributed by atoms with Crippen LogP contribution in [0.3, 0.4) is 0 Å². The van der Waals surface area contributed by atoms with E-state index in [9.17, 15) is 4.79 Å². The van der Waals surface area contributed by atoms with Gasteiger partial charge in [0.15, 0.2) is 0 Å². The van der Waals surface area contributed by atoms with Crippen LogP contribution in [-0.2, 0) is 6.54 Å². The average molecular weight is 402 g/mol. The molecule has 1 N–H and O–H groups in total. The summed E-state index contributed by atoms with van der Waals surface area (Å²) < 4.78 is 2.09. The molecule has 6 nitrogen and oxygen atoms in total. The quantitative estimate of drug-likeness (QED) is 0.536. The van der Waals surface area contributed by atoms with Crippen LogP contribution < -0.4 is 5.32 Å². The topological polar surface area (TPSA) is 72.7 Å². The highest BCUT2D eigenvalue weighted by Crippen LogP contribution is 2.25. The predicted octanol–water partition coefficient (Wildman–Crippen LogP) is 4.42. The summed E-state index contributed by atoms with van der Waals surface area (Å²) in [6, 6.07) is 11.0. The van der Waals surface area contributed by atoms with Crippen molar-refractivity contribution >= 4 is 46.0 Å². The molecule has 0 fully saturated rings. The highest BCUT2D eigenvalue weighted by atomic mass is 35.5. The van der Waals surface area contributed by atoms with Crippen LogP contribution in [0.25, 0.3) is 11.4 Å². The second-order valence-corrected chi connectivity index (χ2v) is 7.89. The maximum atomic E-state index is 12.8. The Morgan fingerprint density at radius 3 is 2.85 bits per heavy atom. The van der Waals surface area contributed by atoms with Gasteiger partial charge in [0, 0.05) is 22.5 Å². The molecule has 0 saturated carbocycles. The Morgan fingerprint density at radius 2 is 2.15 bits per heavy atom. The molecule has 0 atom stereocenters. The first-order valence-corrected chi connectivity index (χ1v) is 9.77. The van der Waals surface area contributed by atoms with Crippen molar-refractivity contribution < 1.29 is 4.79 Å². The molecule has 4 rings (SSSR count). The van der Waals surface area contributed by atoms with Gasteiger partial charge in [0.2, 0.25) is 0 Å². The summed E-state index contributed by atoms with van der Waals surface area (Å²) >= 11 is 8.94. The molecule has 0 aliphatic heterocycles. The number of nitrogens with zero attached hydrogens (tertiary/aromatic N) is 4. The lowest BCUT2D eigenvalue weighted by Crippen LogP contribution is -2.16. The van der Waals surface area contributed by atoms with E-state index in [0.29, 0.717) is 29.3 Å². The molecule has 0 bridgehead atoms. The lowest BCUT2D eigenvalue weighted by Gasteiger charge is -2.07. The second-order valence-electron chi connectivity index (χ2n) is 5.31. The van der Waals surface area contributed by atoms with E-state index in [0.717, 1.165) is 9.21 Å². The minimum absolute atomic E-state index is 0.201. The van der Waals surface area contributed by atoms with Crippen LogP contribution in [0.2, 0.25) is 4.34 Å². The standard InChI is InChI=1S/C17H12ClN5OS2/c18-15-4-3-12(26-15)9-19-16-8-14(13-2-1-6-20-21-13)22-23(16)17(24)11-5-7-25-10-11/h1-8,10,19H,9H2. The normalized spacial score (nSPS) is 10.8. The third kappa shape index (κ3) is 3.52. The Hall–Kier alpha value is -2.55. The minimum atomic E-state index is -0.201. The summed E-state index contributed by atoms with van der Waals surface area (Å²) in [5.41, 5.74) is 1.77. The summed E-state index contributed by atoms with van der Waals surface area (Å²) in [5.74, 6) is 0.388. The minimum Gasteiger partial charge on any atom is -0.365 e. The van der Waals surface area contributed by atoms with E-state index in [1.54, 1.807) is 35.8 Å². The third-order valence-corrected chi connectivity index (χ3v) is 5.49. The number of halogens is 1. The fourth-order valence-electron chi connectivity index (χ4n) is 2.36. The molecule has 4 heterocycles. The zero-order chi connectivity index (χ0) is 17.9. The molecule has 0 unspecified atom stereocenters. The fourth-order valence-corrected chi connectivity index (χ4v) is 4.02. The van der Waals surface area contributed by atoms with Gasteiger partial charge in [-0.3, -0.25) is 4.79 Å². The van der Waals surface area contributed by atoms with Crippen LogP contribution in [0.5, 0.6) is 0 Å². The Bertz CT molecular complexity index is 1030. The smallest absolute Gasteiger partial charge is 0.280 e. The lowest BCUT2D eigenvalue weighted by atomic mass is 10.3. The molecule has 9 heteroatoms. The van der Waals surface area contributed by atoms with Gasteiger partial charge in [-0.25, -0.2) is 0 Å². The molecule has 4 aromatic rings. The van der Waals surface area contributed by atoms with Gasteiger partial charge in [0.05, 0.1) is 16.4 Å². The van der Waals surface area contributed by atoms with Crippen molar-refractivity contribution in [3.8, 4) is 11.4 Å². The van der Waals surface area contributed by atoms with Gasteiger partial charge in [0.25, 0.3) is 5.91 Å². The molecule has 0 radical (unpaired) electrons. The first-order chi connectivity index (χ1) is 12.7. The molecule has 0 aliphatic carbocycles. The fraction of sp³-hybridized carbons (Fsp3) is 0.0588. The number of thiophene rings is 2. The van der Waals surface area contributed by atoms with Crippen LogP contribution >= 0.6 is 34.3 Å². The largest absolute Gasteiger partial charge is 0.365 e. The van der Waals surface area contributed by atoms with E-state index in [1.807, 2.05) is 17.5 Å². The molecule has 130 valence electrons. The summed E-state index contributed by atoms with van der Waals surface area (Å²) in [6.45, 7) is 0.542. The highest BCUT2D eigenvalue weighted by Gasteiger charge is 2.18. The van der Waals surface area contributed by atoms with Crippen molar-refractivity contribution in [1.82, 2.24) is 20.0 Å². The maximum Gasteiger partial charge on any atom is 0.280 e.